The van der Waals surface area contributed by atoms with E-state index in [0.29, 0.717) is 53.5 Å². The van der Waals surface area contributed by atoms with Gasteiger partial charge in [0.15, 0.2) is 5.13 Å². The Bertz CT molecular complexity index is 1710. The number of methoxy groups -OCH3 is 1. The molecule has 2 aromatic heterocycles. The number of fused-ring (bicyclic) bond motifs is 2. The normalized spacial score (nSPS) is 23.4. The van der Waals surface area contributed by atoms with Crippen molar-refractivity contribution >= 4 is 45.3 Å². The van der Waals surface area contributed by atoms with E-state index in [1.807, 2.05) is 64.3 Å². The highest BCUT2D eigenvalue weighted by Gasteiger charge is 2.48. The zero-order valence-corrected chi connectivity index (χ0v) is 30.4. The van der Waals surface area contributed by atoms with Crippen molar-refractivity contribution in [3.63, 3.8) is 0 Å². The Morgan fingerprint density at radius 1 is 1.02 bits per heavy atom. The highest BCUT2D eigenvalue weighted by molar-refractivity contribution is 7.14. The number of nitrogens with two attached hydrogens (primary N) is 1. The minimum atomic E-state index is -0.949. The van der Waals surface area contributed by atoms with Gasteiger partial charge in [-0.2, -0.15) is 0 Å². The monoisotopic (exact) mass is 708 g/mol. The van der Waals surface area contributed by atoms with E-state index in [0.717, 1.165) is 23.4 Å². The van der Waals surface area contributed by atoms with Crippen molar-refractivity contribution in [2.45, 2.75) is 90.6 Å². The lowest BCUT2D eigenvalue weighted by molar-refractivity contribution is -0.141. The second kappa shape index (κ2) is 14.6. The summed E-state index contributed by atoms with van der Waals surface area (Å²) in [7, 11) is 1.62. The number of rotatable bonds is 13. The van der Waals surface area contributed by atoms with E-state index in [1.165, 1.54) is 22.7 Å². The van der Waals surface area contributed by atoms with Crippen LogP contribution in [-0.4, -0.2) is 90.0 Å². The summed E-state index contributed by atoms with van der Waals surface area (Å²) in [4.78, 5) is 51.0. The number of pyridine rings is 1. The lowest BCUT2D eigenvalue weighted by Gasteiger charge is -2.35. The van der Waals surface area contributed by atoms with E-state index in [9.17, 15) is 14.4 Å². The number of likely N-dealkylation sites (tertiary alicyclic amines) is 1. The third-order valence-electron chi connectivity index (χ3n) is 9.50. The zero-order valence-electron chi connectivity index (χ0n) is 29.6. The molecule has 270 valence electrons. The molecule has 1 aromatic carbocycles. The molecule has 4 N–H and O–H groups in total. The maximum atomic E-state index is 14.2. The summed E-state index contributed by atoms with van der Waals surface area (Å²) in [5, 5.41) is 9.58. The fourth-order valence-electron chi connectivity index (χ4n) is 6.89. The van der Waals surface area contributed by atoms with Crippen LogP contribution >= 0.6 is 11.3 Å². The van der Waals surface area contributed by atoms with Crippen molar-refractivity contribution in [3.8, 4) is 22.9 Å². The summed E-state index contributed by atoms with van der Waals surface area (Å²) in [6, 6.07) is 5.72. The quantitative estimate of drug-likeness (QED) is 0.206. The topological polar surface area (TPSA) is 167 Å². The van der Waals surface area contributed by atoms with Gasteiger partial charge in [0.1, 0.15) is 48.1 Å². The number of anilines is 1. The number of nitrogens with zero attached hydrogens (tertiary/aromatic N) is 3. The van der Waals surface area contributed by atoms with Crippen LogP contribution in [0.3, 0.4) is 0 Å². The fraction of sp³-hybridized carbons (Fsp3) is 0.583. The Labute approximate surface area is 296 Å². The molecular formula is C36H48N6O7S. The maximum absolute atomic E-state index is 14.2. The summed E-state index contributed by atoms with van der Waals surface area (Å²) in [5.74, 6) is 1.39. The lowest BCUT2D eigenvalue weighted by atomic mass is 9.85. The summed E-state index contributed by atoms with van der Waals surface area (Å²) < 4.78 is 23.3. The molecule has 3 heterocycles. The van der Waals surface area contributed by atoms with Gasteiger partial charge in [0.25, 0.3) is 0 Å². The molecule has 50 heavy (non-hydrogen) atoms. The smallest absolute Gasteiger partial charge is 0.408 e. The molecule has 0 spiro atoms. The number of carbonyl (C=O) groups is 3. The molecule has 13 nitrogen and oxygen atoms in total. The number of alkyl carbamates (subject to hydrolysis) is 1. The molecule has 0 radical (unpaired) electrons. The number of hydrogen-bond donors (Lipinski definition) is 3. The average Bonchev–Trinajstić information content (AvgIpc) is 3.38. The van der Waals surface area contributed by atoms with Crippen LogP contribution in [0.1, 0.15) is 60.3 Å². The fourth-order valence-corrected chi connectivity index (χ4v) is 7.74. The van der Waals surface area contributed by atoms with Gasteiger partial charge in [-0.1, -0.05) is 20.8 Å². The Morgan fingerprint density at radius 3 is 2.46 bits per heavy atom. The number of benzene rings is 1. The maximum Gasteiger partial charge on any atom is 0.408 e. The van der Waals surface area contributed by atoms with Gasteiger partial charge in [0, 0.05) is 42.5 Å². The third-order valence-corrected chi connectivity index (χ3v) is 10.3. The second-order valence-electron chi connectivity index (χ2n) is 14.9. The molecule has 2 aliphatic carbocycles. The Morgan fingerprint density at radius 2 is 1.78 bits per heavy atom. The van der Waals surface area contributed by atoms with E-state index >= 15 is 0 Å². The first-order valence-corrected chi connectivity index (χ1v) is 18.2. The number of primary amides is 1. The molecule has 0 bridgehead atoms. The van der Waals surface area contributed by atoms with E-state index in [1.54, 1.807) is 7.11 Å². The molecule has 6 rings (SSSR count). The molecule has 3 fully saturated rings. The van der Waals surface area contributed by atoms with E-state index < -0.39 is 41.5 Å². The minimum absolute atomic E-state index is 0.0955. The van der Waals surface area contributed by atoms with E-state index in [4.69, 9.17) is 34.6 Å². The van der Waals surface area contributed by atoms with Crippen LogP contribution in [-0.2, 0) is 19.1 Å². The van der Waals surface area contributed by atoms with Crippen LogP contribution in [0.25, 0.3) is 22.3 Å². The first-order chi connectivity index (χ1) is 23.8. The minimum Gasteiger partial charge on any atom is -0.491 e. The van der Waals surface area contributed by atoms with E-state index in [2.05, 4.69) is 10.6 Å². The molecule has 1 aliphatic heterocycles. The van der Waals surface area contributed by atoms with Crippen LogP contribution in [0.5, 0.6) is 11.5 Å². The predicted molar refractivity (Wildman–Crippen MR) is 190 cm³/mol. The molecular weight excluding hydrogens is 660 g/mol. The standard InChI is InChI=1S/C36H48N6O7S/c1-19(2)38-34-40-28(18-50-34)27-16-30(25-8-7-22(14-26(25)39-27)47-10-9-46-6)48-24-15-29(32(37)43)42(17-24)33(44)31(36(3,4)5)41-35(45)49-23-12-20-11-21(20)13-23/h7-8,14,16,18-21,23-24,29,31H,9-13,15,17H2,1-6H3,(H2,37,43)(H,38,40)(H,41,45)/t20-,21+,23-,24-,29+,31-/m1/s1. The van der Waals surface area contributed by atoms with Gasteiger partial charge in [0.05, 0.1) is 24.4 Å². The number of hydrogen-bond acceptors (Lipinski definition) is 11. The van der Waals surface area contributed by atoms with Gasteiger partial charge >= 0.3 is 6.09 Å². The number of carbonyl (C=O) groups excluding carboxylic acids is 3. The van der Waals surface area contributed by atoms with Crippen molar-refractivity contribution in [2.24, 2.45) is 23.0 Å². The summed E-state index contributed by atoms with van der Waals surface area (Å²) in [6.07, 6.45) is 1.80. The first-order valence-electron chi connectivity index (χ1n) is 17.3. The number of nitrogens with one attached hydrogen (secondary N) is 2. The summed E-state index contributed by atoms with van der Waals surface area (Å²) in [5.41, 5.74) is 7.10. The SMILES string of the molecule is COCCOc1ccc2c(O[C@@H]3C[C@@H](C(N)=O)N(C(=O)[C@@H](NC(=O)O[C@H]4C[C@@H]5C[C@@H]5C4)C(C)(C)C)C3)cc(-c3csc(NC(C)C)n3)nc2c1. The number of ether oxygens (including phenoxy) is 4. The zero-order chi connectivity index (χ0) is 35.7. The molecule has 0 unspecified atom stereocenters. The van der Waals surface area contributed by atoms with Gasteiger partial charge < -0.3 is 40.2 Å². The molecule has 3 aliphatic rings. The largest absolute Gasteiger partial charge is 0.491 e. The van der Waals surface area contributed by atoms with Crippen LogP contribution in [0, 0.1) is 17.3 Å². The van der Waals surface area contributed by atoms with Gasteiger partial charge in [0.2, 0.25) is 11.8 Å². The van der Waals surface area contributed by atoms with Gasteiger partial charge in [-0.15, -0.1) is 11.3 Å². The molecule has 14 heteroatoms. The summed E-state index contributed by atoms with van der Waals surface area (Å²) in [6.45, 7) is 10.6. The molecule has 3 aromatic rings. The van der Waals surface area contributed by atoms with Crippen LogP contribution in [0.15, 0.2) is 29.6 Å². The highest BCUT2D eigenvalue weighted by atomic mass is 32.1. The number of amides is 3. The summed E-state index contributed by atoms with van der Waals surface area (Å²) >= 11 is 1.48. The Kier molecular flexibility index (Phi) is 10.4. The first kappa shape index (κ1) is 35.6. The average molecular weight is 709 g/mol. The molecule has 1 saturated heterocycles. The van der Waals surface area contributed by atoms with Crippen molar-refractivity contribution in [2.75, 3.05) is 32.2 Å². The van der Waals surface area contributed by atoms with Crippen molar-refractivity contribution < 1.29 is 33.3 Å². The van der Waals surface area contributed by atoms with Gasteiger partial charge in [-0.05, 0) is 62.5 Å². The van der Waals surface area contributed by atoms with Crippen molar-refractivity contribution in [1.29, 1.82) is 0 Å². The predicted octanol–water partition coefficient (Wildman–Crippen LogP) is 4.98. The number of aromatic nitrogens is 2. The van der Waals surface area contributed by atoms with Gasteiger partial charge in [-0.3, -0.25) is 9.59 Å². The van der Waals surface area contributed by atoms with Crippen molar-refractivity contribution in [3.05, 3.63) is 29.6 Å². The van der Waals surface area contributed by atoms with E-state index in [-0.39, 0.29) is 25.1 Å². The van der Waals surface area contributed by atoms with Crippen LogP contribution in [0.2, 0.25) is 0 Å². The third kappa shape index (κ3) is 8.23. The van der Waals surface area contributed by atoms with Crippen LogP contribution < -0.4 is 25.8 Å². The Hall–Kier alpha value is -4.17. The second-order valence-corrected chi connectivity index (χ2v) is 15.8. The molecule has 2 saturated carbocycles. The Balaban J connectivity index is 1.24. The van der Waals surface area contributed by atoms with Crippen molar-refractivity contribution in [1.82, 2.24) is 20.2 Å². The van der Waals surface area contributed by atoms with Gasteiger partial charge in [-0.25, -0.2) is 14.8 Å². The number of thiazole rings is 1. The highest BCUT2D eigenvalue weighted by Crippen LogP contribution is 2.52. The lowest BCUT2D eigenvalue weighted by Crippen LogP contribution is -2.57. The molecule has 6 atom stereocenters. The molecule has 3 amide bonds. The van der Waals surface area contributed by atoms with Crippen LogP contribution in [0.4, 0.5) is 9.93 Å².